The molecule has 3 rings (SSSR count). The van der Waals surface area contributed by atoms with Gasteiger partial charge in [0.2, 0.25) is 0 Å². The third-order valence-corrected chi connectivity index (χ3v) is 4.91. The molecule has 0 spiro atoms. The molecule has 0 N–H and O–H groups in total. The van der Waals surface area contributed by atoms with Gasteiger partial charge in [-0.05, 0) is 25.0 Å². The second kappa shape index (κ2) is 6.52. The third-order valence-electron chi connectivity index (χ3n) is 4.91. The van der Waals surface area contributed by atoms with E-state index in [2.05, 4.69) is 0 Å². The standard InChI is InChI=1S/C20H18O6/c1-3-5-13(21)15-17(23)9-7-11-12(8-10(9)18(15)24)20(26)16(19(11)25)14(22)6-4-2/h7-8,15-16H,3-6H2,1-2H3. The summed E-state index contributed by atoms with van der Waals surface area (Å²) in [5.41, 5.74) is -0.0261. The molecule has 0 radical (unpaired) electrons. The molecule has 0 aromatic heterocycles. The van der Waals surface area contributed by atoms with Crippen molar-refractivity contribution in [2.24, 2.45) is 11.8 Å². The number of benzene rings is 1. The number of hydrogen-bond acceptors (Lipinski definition) is 6. The predicted molar refractivity (Wildman–Crippen MR) is 90.6 cm³/mol. The number of hydrogen-bond donors (Lipinski definition) is 0. The van der Waals surface area contributed by atoms with Crippen LogP contribution in [0.15, 0.2) is 12.1 Å². The average molecular weight is 354 g/mol. The SMILES string of the molecule is CCCC(=O)C1C(=O)c2cc3c(cc2C1=O)C(=O)C(C(=O)CCC)C3=O. The van der Waals surface area contributed by atoms with E-state index in [1.807, 2.05) is 0 Å². The molecular weight excluding hydrogens is 336 g/mol. The Balaban J connectivity index is 2.03. The highest BCUT2D eigenvalue weighted by Gasteiger charge is 2.48. The van der Waals surface area contributed by atoms with E-state index < -0.39 is 46.5 Å². The molecular formula is C20H18O6. The van der Waals surface area contributed by atoms with Crippen LogP contribution in [0.25, 0.3) is 0 Å². The summed E-state index contributed by atoms with van der Waals surface area (Å²) in [7, 11) is 0. The van der Waals surface area contributed by atoms with Crippen LogP contribution in [-0.2, 0) is 9.59 Å². The van der Waals surface area contributed by atoms with Crippen LogP contribution < -0.4 is 0 Å². The second-order valence-electron chi connectivity index (χ2n) is 6.70. The topological polar surface area (TPSA) is 102 Å². The van der Waals surface area contributed by atoms with Crippen LogP contribution in [0, 0.1) is 11.8 Å². The van der Waals surface area contributed by atoms with Gasteiger partial charge in [0.25, 0.3) is 0 Å². The number of ketones is 6. The zero-order chi connectivity index (χ0) is 19.2. The molecule has 0 saturated carbocycles. The smallest absolute Gasteiger partial charge is 0.181 e. The summed E-state index contributed by atoms with van der Waals surface area (Å²) in [5, 5.41) is 0. The van der Waals surface area contributed by atoms with Crippen molar-refractivity contribution < 1.29 is 28.8 Å². The van der Waals surface area contributed by atoms with E-state index in [4.69, 9.17) is 0 Å². The van der Waals surface area contributed by atoms with Gasteiger partial charge < -0.3 is 0 Å². The summed E-state index contributed by atoms with van der Waals surface area (Å²) in [5.74, 6) is -6.18. The lowest BCUT2D eigenvalue weighted by Gasteiger charge is -2.04. The molecule has 6 heteroatoms. The first-order chi connectivity index (χ1) is 12.3. The summed E-state index contributed by atoms with van der Waals surface area (Å²) >= 11 is 0. The van der Waals surface area contributed by atoms with Crippen LogP contribution in [0.2, 0.25) is 0 Å². The fourth-order valence-corrected chi connectivity index (χ4v) is 3.64. The van der Waals surface area contributed by atoms with Gasteiger partial charge in [-0.15, -0.1) is 0 Å². The molecule has 0 amide bonds. The first kappa shape index (κ1) is 18.0. The van der Waals surface area contributed by atoms with Crippen molar-refractivity contribution in [2.45, 2.75) is 39.5 Å². The average Bonchev–Trinajstić information content (AvgIpc) is 2.98. The molecule has 0 heterocycles. The minimum Gasteiger partial charge on any atom is -0.298 e. The lowest BCUT2D eigenvalue weighted by atomic mass is 9.94. The van der Waals surface area contributed by atoms with Gasteiger partial charge in [0.1, 0.15) is 11.8 Å². The second-order valence-corrected chi connectivity index (χ2v) is 6.70. The Morgan fingerprint density at radius 1 is 0.654 bits per heavy atom. The van der Waals surface area contributed by atoms with Crippen molar-refractivity contribution in [2.75, 3.05) is 0 Å². The minimum absolute atomic E-state index is 0.00653. The predicted octanol–water partition coefficient (Wildman–Crippen LogP) is 2.42. The first-order valence-electron chi connectivity index (χ1n) is 8.73. The Kier molecular flexibility index (Phi) is 4.52. The Labute approximate surface area is 149 Å². The number of carbonyl (C=O) groups is 6. The zero-order valence-electron chi connectivity index (χ0n) is 14.6. The van der Waals surface area contributed by atoms with Gasteiger partial charge in [-0.1, -0.05) is 13.8 Å². The monoisotopic (exact) mass is 354 g/mol. The quantitative estimate of drug-likeness (QED) is 0.727. The summed E-state index contributed by atoms with van der Waals surface area (Å²) < 4.78 is 0. The van der Waals surface area contributed by atoms with Crippen LogP contribution in [0.4, 0.5) is 0 Å². The third kappa shape index (κ3) is 2.48. The van der Waals surface area contributed by atoms with E-state index in [1.165, 1.54) is 12.1 Å². The van der Waals surface area contributed by atoms with E-state index in [0.717, 1.165) is 0 Å². The van der Waals surface area contributed by atoms with Crippen molar-refractivity contribution >= 4 is 34.7 Å². The highest BCUT2D eigenvalue weighted by atomic mass is 16.2. The largest absolute Gasteiger partial charge is 0.298 e. The van der Waals surface area contributed by atoms with E-state index in [-0.39, 0.29) is 35.1 Å². The molecule has 0 unspecified atom stereocenters. The maximum Gasteiger partial charge on any atom is 0.181 e. The molecule has 0 fully saturated rings. The van der Waals surface area contributed by atoms with Gasteiger partial charge in [0, 0.05) is 35.1 Å². The Bertz CT molecular complexity index is 768. The van der Waals surface area contributed by atoms with Crippen molar-refractivity contribution in [1.82, 2.24) is 0 Å². The summed E-state index contributed by atoms with van der Waals surface area (Å²) in [6.07, 6.45) is 1.25. The number of rotatable bonds is 6. The molecule has 2 aliphatic rings. The van der Waals surface area contributed by atoms with E-state index in [0.29, 0.717) is 12.8 Å². The van der Waals surface area contributed by atoms with Crippen LogP contribution in [0.1, 0.15) is 81.0 Å². The summed E-state index contributed by atoms with van der Waals surface area (Å²) in [6.45, 7) is 3.54. The van der Waals surface area contributed by atoms with Gasteiger partial charge >= 0.3 is 0 Å². The first-order valence-corrected chi connectivity index (χ1v) is 8.73. The van der Waals surface area contributed by atoms with Gasteiger partial charge in [0.05, 0.1) is 0 Å². The molecule has 0 saturated heterocycles. The van der Waals surface area contributed by atoms with Crippen molar-refractivity contribution in [3.63, 3.8) is 0 Å². The highest BCUT2D eigenvalue weighted by molar-refractivity contribution is 6.39. The molecule has 134 valence electrons. The van der Waals surface area contributed by atoms with Gasteiger partial charge in [-0.2, -0.15) is 0 Å². The van der Waals surface area contributed by atoms with Crippen molar-refractivity contribution in [3.05, 3.63) is 34.4 Å². The van der Waals surface area contributed by atoms with Crippen LogP contribution >= 0.6 is 0 Å². The normalized spacial score (nSPS) is 17.0. The highest BCUT2D eigenvalue weighted by Crippen LogP contribution is 2.36. The maximum atomic E-state index is 12.5. The number of carbonyl (C=O) groups excluding carboxylic acids is 6. The zero-order valence-corrected chi connectivity index (χ0v) is 14.6. The minimum atomic E-state index is -1.38. The van der Waals surface area contributed by atoms with Crippen molar-refractivity contribution in [3.8, 4) is 0 Å². The molecule has 6 nitrogen and oxygen atoms in total. The molecule has 26 heavy (non-hydrogen) atoms. The fourth-order valence-electron chi connectivity index (χ4n) is 3.64. The fraction of sp³-hybridized carbons (Fsp3) is 0.400. The van der Waals surface area contributed by atoms with E-state index >= 15 is 0 Å². The summed E-state index contributed by atoms with van der Waals surface area (Å²) in [4.78, 5) is 74.3. The van der Waals surface area contributed by atoms with E-state index in [1.54, 1.807) is 13.8 Å². The Morgan fingerprint density at radius 3 is 1.15 bits per heavy atom. The van der Waals surface area contributed by atoms with Crippen LogP contribution in [0.5, 0.6) is 0 Å². The molecule has 1 aromatic rings. The number of Topliss-reactive ketones (excluding diaryl/α,β-unsaturated/α-hetero) is 6. The van der Waals surface area contributed by atoms with Gasteiger partial charge in [-0.3, -0.25) is 28.8 Å². The molecule has 0 bridgehead atoms. The van der Waals surface area contributed by atoms with Gasteiger partial charge in [0.15, 0.2) is 34.7 Å². The van der Waals surface area contributed by atoms with Crippen molar-refractivity contribution in [1.29, 1.82) is 0 Å². The molecule has 0 atom stereocenters. The van der Waals surface area contributed by atoms with Crippen LogP contribution in [0.3, 0.4) is 0 Å². The lowest BCUT2D eigenvalue weighted by molar-refractivity contribution is -0.121. The van der Waals surface area contributed by atoms with Gasteiger partial charge in [-0.25, -0.2) is 0 Å². The summed E-state index contributed by atoms with van der Waals surface area (Å²) in [6, 6.07) is 2.42. The Hall–Kier alpha value is -2.76. The molecule has 1 aromatic carbocycles. The Morgan fingerprint density at radius 2 is 0.923 bits per heavy atom. The molecule has 2 aliphatic carbocycles. The number of fused-ring (bicyclic) bond motifs is 2. The lowest BCUT2D eigenvalue weighted by Crippen LogP contribution is -2.26. The van der Waals surface area contributed by atoms with Crippen LogP contribution in [-0.4, -0.2) is 34.7 Å². The maximum absolute atomic E-state index is 12.5. The molecule has 0 aliphatic heterocycles. The van der Waals surface area contributed by atoms with E-state index in [9.17, 15) is 28.8 Å².